The lowest BCUT2D eigenvalue weighted by Crippen LogP contribution is -2.38. The Hall–Kier alpha value is -1.85. The maximum absolute atomic E-state index is 11.8. The van der Waals surface area contributed by atoms with Crippen LogP contribution >= 0.6 is 0 Å². The summed E-state index contributed by atoms with van der Waals surface area (Å²) in [4.78, 5) is 22.4. The number of rotatable bonds is 8. The topological polar surface area (TPSA) is 70.2 Å². The van der Waals surface area contributed by atoms with Crippen LogP contribution in [-0.4, -0.2) is 42.6 Å². The highest BCUT2D eigenvalue weighted by Gasteiger charge is 2.17. The zero-order valence-corrected chi connectivity index (χ0v) is 12.9. The van der Waals surface area contributed by atoms with Gasteiger partial charge in [-0.15, -0.1) is 0 Å². The number of nitrogens with zero attached hydrogens (tertiary/aromatic N) is 3. The average molecular weight is 279 g/mol. The molecule has 0 aliphatic carbocycles. The van der Waals surface area contributed by atoms with Crippen molar-refractivity contribution >= 4 is 17.5 Å². The highest BCUT2D eigenvalue weighted by atomic mass is 16.2. The van der Waals surface area contributed by atoms with Crippen molar-refractivity contribution in [3.63, 3.8) is 0 Å². The predicted octanol–water partition coefficient (Wildman–Crippen LogP) is 1.43. The van der Waals surface area contributed by atoms with Gasteiger partial charge >= 0.3 is 0 Å². The van der Waals surface area contributed by atoms with Gasteiger partial charge in [0.15, 0.2) is 0 Å². The van der Waals surface area contributed by atoms with Crippen LogP contribution in [0.4, 0.5) is 11.6 Å². The maximum atomic E-state index is 11.8. The van der Waals surface area contributed by atoms with Crippen LogP contribution in [0.5, 0.6) is 0 Å². The van der Waals surface area contributed by atoms with Gasteiger partial charge in [0.25, 0.3) is 0 Å². The molecule has 0 saturated carbocycles. The summed E-state index contributed by atoms with van der Waals surface area (Å²) in [6.07, 6.45) is 3.44. The molecule has 0 saturated heterocycles. The Balaban J connectivity index is 3.04. The van der Waals surface area contributed by atoms with Crippen molar-refractivity contribution < 1.29 is 4.79 Å². The molecule has 0 fully saturated rings. The van der Waals surface area contributed by atoms with Gasteiger partial charge in [0.1, 0.15) is 18.0 Å². The third kappa shape index (κ3) is 4.08. The summed E-state index contributed by atoms with van der Waals surface area (Å²) in [5.41, 5.74) is 1.07. The number of hydrogen-bond donors (Lipinski definition) is 2. The van der Waals surface area contributed by atoms with Crippen LogP contribution in [-0.2, 0) is 11.2 Å². The molecule has 0 radical (unpaired) electrons. The molecule has 0 atom stereocenters. The molecular formula is C14H25N5O. The van der Waals surface area contributed by atoms with E-state index in [9.17, 15) is 4.79 Å². The monoisotopic (exact) mass is 279 g/mol. The molecule has 1 rings (SSSR count). The van der Waals surface area contributed by atoms with Crippen LogP contribution in [0.25, 0.3) is 0 Å². The summed E-state index contributed by atoms with van der Waals surface area (Å²) >= 11 is 0. The molecule has 0 unspecified atom stereocenters. The molecule has 6 nitrogen and oxygen atoms in total. The third-order valence-electron chi connectivity index (χ3n) is 3.05. The molecule has 1 aromatic rings. The highest BCUT2D eigenvalue weighted by molar-refractivity contribution is 5.81. The fourth-order valence-corrected chi connectivity index (χ4v) is 2.13. The molecule has 0 aromatic carbocycles. The smallest absolute Gasteiger partial charge is 0.239 e. The van der Waals surface area contributed by atoms with E-state index in [2.05, 4.69) is 27.5 Å². The second kappa shape index (κ2) is 8.35. The third-order valence-corrected chi connectivity index (χ3v) is 3.05. The minimum Gasteiger partial charge on any atom is -0.373 e. The summed E-state index contributed by atoms with van der Waals surface area (Å²) in [6.45, 7) is 7.76. The minimum absolute atomic E-state index is 0.0152. The molecule has 1 amide bonds. The molecule has 0 spiro atoms. The van der Waals surface area contributed by atoms with Gasteiger partial charge in [-0.2, -0.15) is 0 Å². The van der Waals surface area contributed by atoms with Crippen molar-refractivity contribution in [2.75, 3.05) is 36.9 Å². The fourth-order valence-electron chi connectivity index (χ4n) is 2.13. The Morgan fingerprint density at radius 2 is 2.05 bits per heavy atom. The van der Waals surface area contributed by atoms with Crippen molar-refractivity contribution in [2.24, 2.45) is 0 Å². The molecule has 0 aliphatic rings. The minimum atomic E-state index is 0.0152. The summed E-state index contributed by atoms with van der Waals surface area (Å²) in [5, 5.41) is 5.92. The Morgan fingerprint density at radius 1 is 1.30 bits per heavy atom. The Morgan fingerprint density at radius 3 is 2.60 bits per heavy atom. The molecule has 112 valence electrons. The van der Waals surface area contributed by atoms with Gasteiger partial charge in [0.05, 0.1) is 6.54 Å². The van der Waals surface area contributed by atoms with E-state index in [1.54, 1.807) is 6.33 Å². The second-order valence-corrected chi connectivity index (χ2v) is 4.49. The van der Waals surface area contributed by atoms with Crippen molar-refractivity contribution in [3.05, 3.63) is 11.9 Å². The molecule has 20 heavy (non-hydrogen) atoms. The fraction of sp³-hybridized carbons (Fsp3) is 0.643. The van der Waals surface area contributed by atoms with E-state index < -0.39 is 0 Å². The van der Waals surface area contributed by atoms with Crippen LogP contribution in [0.2, 0.25) is 0 Å². The van der Waals surface area contributed by atoms with E-state index in [0.717, 1.165) is 36.6 Å². The number of amides is 1. The van der Waals surface area contributed by atoms with E-state index in [1.807, 2.05) is 25.8 Å². The van der Waals surface area contributed by atoms with Gasteiger partial charge in [0.2, 0.25) is 5.91 Å². The number of likely N-dealkylation sites (N-methyl/N-ethyl adjacent to an activating group) is 2. The van der Waals surface area contributed by atoms with Gasteiger partial charge in [0, 0.05) is 25.7 Å². The number of carbonyl (C=O) groups is 1. The van der Waals surface area contributed by atoms with Gasteiger partial charge in [-0.3, -0.25) is 4.79 Å². The maximum Gasteiger partial charge on any atom is 0.239 e. The lowest BCUT2D eigenvalue weighted by molar-refractivity contribution is -0.119. The van der Waals surface area contributed by atoms with E-state index in [0.29, 0.717) is 13.1 Å². The van der Waals surface area contributed by atoms with Crippen LogP contribution in [0, 0.1) is 0 Å². The molecule has 6 heteroatoms. The first-order chi connectivity index (χ1) is 9.67. The number of hydrogen-bond acceptors (Lipinski definition) is 5. The molecule has 1 heterocycles. The normalized spacial score (nSPS) is 10.2. The SMILES string of the molecule is CCCc1c(NC)ncnc1N(CC)CC(=O)NCC. The van der Waals surface area contributed by atoms with Crippen LogP contribution in [0.1, 0.15) is 32.8 Å². The van der Waals surface area contributed by atoms with Crippen molar-refractivity contribution in [1.29, 1.82) is 0 Å². The molecule has 2 N–H and O–H groups in total. The van der Waals surface area contributed by atoms with E-state index >= 15 is 0 Å². The first kappa shape index (κ1) is 16.2. The van der Waals surface area contributed by atoms with Crippen molar-refractivity contribution in [2.45, 2.75) is 33.6 Å². The second-order valence-electron chi connectivity index (χ2n) is 4.49. The number of carbonyl (C=O) groups excluding carboxylic acids is 1. The Kier molecular flexibility index (Phi) is 6.76. The number of anilines is 2. The molecule has 1 aromatic heterocycles. The zero-order chi connectivity index (χ0) is 15.0. The quantitative estimate of drug-likeness (QED) is 0.753. The first-order valence-electron chi connectivity index (χ1n) is 7.21. The van der Waals surface area contributed by atoms with Gasteiger partial charge < -0.3 is 15.5 Å². The largest absolute Gasteiger partial charge is 0.373 e. The molecule has 0 aliphatic heterocycles. The lowest BCUT2D eigenvalue weighted by Gasteiger charge is -2.24. The summed E-state index contributed by atoms with van der Waals surface area (Å²) in [7, 11) is 1.85. The van der Waals surface area contributed by atoms with Gasteiger partial charge in [-0.1, -0.05) is 13.3 Å². The Labute approximate surface area is 121 Å². The Bertz CT molecular complexity index is 436. The highest BCUT2D eigenvalue weighted by Crippen LogP contribution is 2.24. The van der Waals surface area contributed by atoms with Crippen LogP contribution in [0.3, 0.4) is 0 Å². The van der Waals surface area contributed by atoms with E-state index in [1.165, 1.54) is 0 Å². The van der Waals surface area contributed by atoms with E-state index in [-0.39, 0.29) is 5.91 Å². The van der Waals surface area contributed by atoms with Crippen LogP contribution in [0.15, 0.2) is 6.33 Å². The zero-order valence-electron chi connectivity index (χ0n) is 12.9. The van der Waals surface area contributed by atoms with E-state index in [4.69, 9.17) is 0 Å². The van der Waals surface area contributed by atoms with Crippen LogP contribution < -0.4 is 15.5 Å². The predicted molar refractivity (Wildman–Crippen MR) is 82.1 cm³/mol. The first-order valence-corrected chi connectivity index (χ1v) is 7.21. The van der Waals surface area contributed by atoms with Gasteiger partial charge in [-0.25, -0.2) is 9.97 Å². The summed E-state index contributed by atoms with van der Waals surface area (Å²) in [6, 6.07) is 0. The molecule has 0 bridgehead atoms. The number of aromatic nitrogens is 2. The molecular weight excluding hydrogens is 254 g/mol. The number of nitrogens with one attached hydrogen (secondary N) is 2. The standard InChI is InChI=1S/C14H25N5O/c1-5-8-11-13(15-4)17-10-18-14(11)19(7-3)9-12(20)16-6-2/h10H,5-9H2,1-4H3,(H,16,20)(H,15,17,18). The van der Waals surface area contributed by atoms with Crippen molar-refractivity contribution in [1.82, 2.24) is 15.3 Å². The summed E-state index contributed by atoms with van der Waals surface area (Å²) in [5.74, 6) is 1.70. The average Bonchev–Trinajstić information content (AvgIpc) is 2.46. The lowest BCUT2D eigenvalue weighted by atomic mass is 10.1. The van der Waals surface area contributed by atoms with Crippen molar-refractivity contribution in [3.8, 4) is 0 Å². The van der Waals surface area contributed by atoms with Gasteiger partial charge in [-0.05, 0) is 20.3 Å². The summed E-state index contributed by atoms with van der Waals surface area (Å²) < 4.78 is 0.